The zero-order chi connectivity index (χ0) is 68.9. The second-order valence-electron chi connectivity index (χ2n) is 28.2. The first kappa shape index (κ1) is 87.5. The highest BCUT2D eigenvalue weighted by molar-refractivity contribution is 5.76. The second kappa shape index (κ2) is 57.8. The Kier molecular flexibility index (Phi) is 53.3. The molecule has 0 bridgehead atoms. The largest absolute Gasteiger partial charge is 0.394 e. The van der Waals surface area contributed by atoms with Crippen molar-refractivity contribution in [2.45, 2.75) is 426 Å². The first-order valence-electron chi connectivity index (χ1n) is 39.1. The lowest BCUT2D eigenvalue weighted by molar-refractivity contribution is -0.379. The lowest BCUT2D eigenvalue weighted by atomic mass is 9.96. The lowest BCUT2D eigenvalue weighted by Gasteiger charge is -2.48. The summed E-state index contributed by atoms with van der Waals surface area (Å²) in [6.07, 6.45) is 41.8. The predicted molar refractivity (Wildman–Crippen MR) is 374 cm³/mol. The number of aliphatic hydroxyl groups excluding tert-OH is 11. The third-order valence-electron chi connectivity index (χ3n) is 19.8. The summed E-state index contributed by atoms with van der Waals surface area (Å²) in [5.74, 6) is -0.279. The van der Waals surface area contributed by atoms with Gasteiger partial charge in [-0.1, -0.05) is 308 Å². The van der Waals surface area contributed by atoms with E-state index in [0.717, 1.165) is 38.5 Å². The number of carbonyl (C=O) groups is 1. The number of allylic oxidation sites excluding steroid dienone is 3. The highest BCUT2D eigenvalue weighted by Crippen LogP contribution is 2.33. The van der Waals surface area contributed by atoms with E-state index in [9.17, 15) is 61.0 Å². The van der Waals surface area contributed by atoms with Crippen LogP contribution in [0.2, 0.25) is 0 Å². The molecule has 0 radical (unpaired) electrons. The second-order valence-corrected chi connectivity index (χ2v) is 28.2. The summed E-state index contributed by atoms with van der Waals surface area (Å²) in [5.41, 5.74) is 0. The minimum atomic E-state index is -1.98. The van der Waals surface area contributed by atoms with Crippen molar-refractivity contribution in [3.05, 3.63) is 24.3 Å². The van der Waals surface area contributed by atoms with Crippen LogP contribution in [0.4, 0.5) is 0 Å². The molecule has 12 N–H and O–H groups in total. The van der Waals surface area contributed by atoms with Crippen LogP contribution in [-0.2, 0) is 33.2 Å². The average Bonchev–Trinajstić information content (AvgIpc) is 0.787. The number of hydrogen-bond acceptors (Lipinski definition) is 18. The van der Waals surface area contributed by atoms with E-state index >= 15 is 0 Å². The number of rotatable bonds is 62. The van der Waals surface area contributed by atoms with Crippen LogP contribution in [0, 0.1) is 0 Å². The van der Waals surface area contributed by atoms with Gasteiger partial charge in [0, 0.05) is 6.42 Å². The van der Waals surface area contributed by atoms with E-state index in [0.29, 0.717) is 12.8 Å². The maximum absolute atomic E-state index is 13.4. The van der Waals surface area contributed by atoms with Gasteiger partial charge in [-0.3, -0.25) is 4.79 Å². The van der Waals surface area contributed by atoms with Crippen LogP contribution in [0.5, 0.6) is 0 Å². The van der Waals surface area contributed by atoms with Crippen molar-refractivity contribution in [1.82, 2.24) is 5.32 Å². The van der Waals surface area contributed by atoms with Crippen molar-refractivity contribution in [1.29, 1.82) is 0 Å². The van der Waals surface area contributed by atoms with E-state index in [1.807, 2.05) is 6.08 Å². The van der Waals surface area contributed by atoms with Gasteiger partial charge in [0.25, 0.3) is 0 Å². The summed E-state index contributed by atoms with van der Waals surface area (Å²) in [4.78, 5) is 13.4. The molecule has 3 aliphatic heterocycles. The SMILES string of the molecule is CCCCCCCCCCCCCCCCCCCCCCCCCCC/C=C/CC/C=C/C(O)C(COC1OC(CO)C(OC2OC(CO)C(OC3OC(CO)C(O)C(O)C3O)C(O)C2O)C(O)C1O)NC(=O)CCCCCCCCCCCCCCCCCCCCC. The number of hydrogen-bond donors (Lipinski definition) is 12. The normalized spacial score (nSPS) is 27.3. The van der Waals surface area contributed by atoms with Gasteiger partial charge in [0.1, 0.15) is 73.2 Å². The fourth-order valence-corrected chi connectivity index (χ4v) is 13.4. The van der Waals surface area contributed by atoms with Gasteiger partial charge in [0.05, 0.1) is 38.6 Å². The Hall–Kier alpha value is -1.73. The van der Waals surface area contributed by atoms with Crippen LogP contribution in [0.1, 0.15) is 322 Å². The van der Waals surface area contributed by atoms with Crippen LogP contribution in [-0.4, -0.2) is 193 Å². The van der Waals surface area contributed by atoms with Crippen LogP contribution in [0.3, 0.4) is 0 Å². The molecule has 3 heterocycles. The number of ether oxygens (including phenoxy) is 6. The molecule has 19 nitrogen and oxygen atoms in total. The first-order chi connectivity index (χ1) is 46.3. The molecule has 3 aliphatic rings. The summed E-state index contributed by atoms with van der Waals surface area (Å²) < 4.78 is 34.4. The minimum Gasteiger partial charge on any atom is -0.394 e. The highest BCUT2D eigenvalue weighted by atomic mass is 16.8. The van der Waals surface area contributed by atoms with Gasteiger partial charge in [0.2, 0.25) is 5.91 Å². The predicted octanol–water partition coefficient (Wildman–Crippen LogP) is 12.2. The molecular weight excluding hydrogens is 1210 g/mol. The van der Waals surface area contributed by atoms with Crippen molar-refractivity contribution in [3.8, 4) is 0 Å². The summed E-state index contributed by atoms with van der Waals surface area (Å²) in [6, 6.07) is -0.988. The van der Waals surface area contributed by atoms with E-state index in [1.54, 1.807) is 6.08 Å². The summed E-state index contributed by atoms with van der Waals surface area (Å²) in [5, 5.41) is 121. The Balaban J connectivity index is 1.39. The first-order valence-corrected chi connectivity index (χ1v) is 39.1. The van der Waals surface area contributed by atoms with Crippen LogP contribution >= 0.6 is 0 Å². The maximum Gasteiger partial charge on any atom is 0.220 e. The summed E-state index contributed by atoms with van der Waals surface area (Å²) in [6.45, 7) is 1.77. The zero-order valence-electron chi connectivity index (χ0n) is 59.7. The quantitative estimate of drug-likeness (QED) is 0.0199. The number of nitrogens with one attached hydrogen (secondary N) is 1. The molecule has 0 saturated carbocycles. The van der Waals surface area contributed by atoms with Crippen LogP contribution in [0.25, 0.3) is 0 Å². The van der Waals surface area contributed by atoms with Crippen molar-refractivity contribution in [2.75, 3.05) is 26.4 Å². The van der Waals surface area contributed by atoms with Gasteiger partial charge in [0.15, 0.2) is 18.9 Å². The Labute approximate surface area is 575 Å². The van der Waals surface area contributed by atoms with Crippen molar-refractivity contribution in [2.24, 2.45) is 0 Å². The molecule has 17 atom stereocenters. The van der Waals surface area contributed by atoms with E-state index in [1.165, 1.54) is 250 Å². The Morgan fingerprint density at radius 1 is 0.368 bits per heavy atom. The topological polar surface area (TPSA) is 307 Å². The van der Waals surface area contributed by atoms with E-state index in [2.05, 4.69) is 31.3 Å². The molecule has 3 fully saturated rings. The molecule has 19 heteroatoms. The highest BCUT2D eigenvalue weighted by Gasteiger charge is 2.53. The van der Waals surface area contributed by atoms with Gasteiger partial charge < -0.3 is 89.9 Å². The molecule has 3 saturated heterocycles. The molecular formula is C76H143NO18. The van der Waals surface area contributed by atoms with Gasteiger partial charge in [-0.25, -0.2) is 0 Å². The summed E-state index contributed by atoms with van der Waals surface area (Å²) >= 11 is 0. The van der Waals surface area contributed by atoms with Crippen molar-refractivity contribution < 1.29 is 89.4 Å². The smallest absolute Gasteiger partial charge is 0.220 e. The van der Waals surface area contributed by atoms with Gasteiger partial charge in [-0.2, -0.15) is 0 Å². The lowest BCUT2D eigenvalue weighted by Crippen LogP contribution is -2.66. The van der Waals surface area contributed by atoms with Crippen LogP contribution < -0.4 is 5.32 Å². The number of unbranched alkanes of at least 4 members (excludes halogenated alkanes) is 44. The minimum absolute atomic E-state index is 0.241. The zero-order valence-corrected chi connectivity index (χ0v) is 59.7. The van der Waals surface area contributed by atoms with Crippen molar-refractivity contribution in [3.63, 3.8) is 0 Å². The third kappa shape index (κ3) is 38.8. The Bertz CT molecular complexity index is 1810. The Morgan fingerprint density at radius 2 is 0.674 bits per heavy atom. The molecule has 0 spiro atoms. The van der Waals surface area contributed by atoms with Gasteiger partial charge in [-0.05, 0) is 32.1 Å². The molecule has 95 heavy (non-hydrogen) atoms. The number of amides is 1. The number of carbonyl (C=O) groups excluding carboxylic acids is 1. The molecule has 0 aromatic heterocycles. The Morgan fingerprint density at radius 3 is 1.05 bits per heavy atom. The maximum atomic E-state index is 13.4. The van der Waals surface area contributed by atoms with E-state index in [4.69, 9.17) is 28.4 Å². The number of aliphatic hydroxyl groups is 11. The molecule has 1 amide bonds. The molecule has 3 rings (SSSR count). The van der Waals surface area contributed by atoms with Gasteiger partial charge in [-0.15, -0.1) is 0 Å². The summed E-state index contributed by atoms with van der Waals surface area (Å²) in [7, 11) is 0. The fourth-order valence-electron chi connectivity index (χ4n) is 13.4. The molecule has 17 unspecified atom stereocenters. The molecule has 0 aromatic carbocycles. The third-order valence-corrected chi connectivity index (χ3v) is 19.8. The average molecular weight is 1360 g/mol. The molecule has 0 aromatic rings. The van der Waals surface area contributed by atoms with Gasteiger partial charge >= 0.3 is 0 Å². The van der Waals surface area contributed by atoms with Crippen LogP contribution in [0.15, 0.2) is 24.3 Å². The molecule has 560 valence electrons. The van der Waals surface area contributed by atoms with E-state index < -0.39 is 124 Å². The van der Waals surface area contributed by atoms with E-state index in [-0.39, 0.29) is 18.9 Å². The van der Waals surface area contributed by atoms with Crippen molar-refractivity contribution >= 4 is 5.91 Å². The molecule has 0 aliphatic carbocycles. The fraction of sp³-hybridized carbons (Fsp3) is 0.934. The monoisotopic (exact) mass is 1360 g/mol. The standard InChI is InChI=1S/C76H143NO18/c1-3-5-7-9-11-13-15-17-19-21-23-24-25-26-27-28-29-30-31-32-33-34-36-37-39-41-43-45-47-49-51-53-60(81)59(77-64(82)54-52-50-48-46-44-42-40-38-35-22-20-18-16-14-12-10-8-6-4-2)58-90-74-70(88)67(85)72(62(56-79)92-74)95-76-71(89)68(86)73(63(57-80)93-76)94-75-69(87)66(84)65(83)61(55-78)91-75/h43,45,51,53,59-63,65-76,78-81,83-89H,3-42,44,46-50,52,54-58H2,1-2H3,(H,77,82)/b45-43+,53-51+.